The van der Waals surface area contributed by atoms with E-state index in [1.54, 1.807) is 30.3 Å². The molecule has 0 unspecified atom stereocenters. The average Bonchev–Trinajstić information content (AvgIpc) is 2.47. The van der Waals surface area contributed by atoms with Gasteiger partial charge in [0.25, 0.3) is 0 Å². The monoisotopic (exact) mass is 299 g/mol. The number of hydrogen-bond donors (Lipinski definition) is 2. The van der Waals surface area contributed by atoms with Crippen molar-refractivity contribution < 1.29 is 9.90 Å². The van der Waals surface area contributed by atoms with Crippen molar-refractivity contribution in [2.24, 2.45) is 0 Å². The summed E-state index contributed by atoms with van der Waals surface area (Å²) in [6.45, 7) is 0. The highest BCUT2D eigenvalue weighted by Gasteiger charge is 2.12. The Kier molecular flexibility index (Phi) is 3.41. The molecule has 0 saturated carbocycles. The lowest BCUT2D eigenvalue weighted by atomic mass is 10.2. The number of carboxylic acid groups (broad SMARTS) is 1. The van der Waals surface area contributed by atoms with Gasteiger partial charge in [0.1, 0.15) is 5.82 Å². The number of fused-ring (bicyclic) bond motifs is 1. The molecular weight excluding hydrogens is 290 g/mol. The number of hydrogen-bond acceptors (Lipinski definition) is 4. The van der Waals surface area contributed by atoms with Crippen molar-refractivity contribution in [1.29, 1.82) is 0 Å². The Morgan fingerprint density at radius 3 is 2.67 bits per heavy atom. The molecule has 2 N–H and O–H groups in total. The Labute approximate surface area is 125 Å². The smallest absolute Gasteiger partial charge is 0.374 e. The van der Waals surface area contributed by atoms with Gasteiger partial charge < -0.3 is 10.4 Å². The van der Waals surface area contributed by atoms with Crippen LogP contribution < -0.4 is 5.32 Å². The van der Waals surface area contributed by atoms with Gasteiger partial charge in [-0.3, -0.25) is 0 Å². The maximum absolute atomic E-state index is 11.1. The first-order chi connectivity index (χ1) is 10.1. The molecule has 0 spiro atoms. The minimum atomic E-state index is -1.17. The molecule has 6 heteroatoms. The van der Waals surface area contributed by atoms with E-state index < -0.39 is 5.97 Å². The molecule has 1 aromatic heterocycles. The standard InChI is InChI=1S/C15H10ClN3O2/c16-9-4-3-5-10(8-9)17-13-11-6-1-2-7-12(11)18-14(19-13)15(20)21/h1-8H,(H,20,21)(H,17,18,19). The van der Waals surface area contributed by atoms with E-state index in [2.05, 4.69) is 15.3 Å². The number of carbonyl (C=O) groups is 1. The summed E-state index contributed by atoms with van der Waals surface area (Å²) in [7, 11) is 0. The van der Waals surface area contributed by atoms with Crippen molar-refractivity contribution in [3.05, 3.63) is 59.4 Å². The van der Waals surface area contributed by atoms with Crippen LogP contribution in [0.2, 0.25) is 5.02 Å². The Morgan fingerprint density at radius 2 is 1.90 bits per heavy atom. The Hall–Kier alpha value is -2.66. The first-order valence-corrected chi connectivity index (χ1v) is 6.54. The fraction of sp³-hybridized carbons (Fsp3) is 0. The van der Waals surface area contributed by atoms with Crippen molar-refractivity contribution in [2.45, 2.75) is 0 Å². The van der Waals surface area contributed by atoms with Gasteiger partial charge in [0.15, 0.2) is 0 Å². The third kappa shape index (κ3) is 2.78. The van der Waals surface area contributed by atoms with E-state index in [1.165, 1.54) is 0 Å². The van der Waals surface area contributed by atoms with E-state index in [0.29, 0.717) is 16.4 Å². The molecule has 3 rings (SSSR count). The van der Waals surface area contributed by atoms with E-state index in [9.17, 15) is 4.79 Å². The first kappa shape index (κ1) is 13.3. The average molecular weight is 300 g/mol. The molecular formula is C15H10ClN3O2. The lowest BCUT2D eigenvalue weighted by Crippen LogP contribution is -2.07. The van der Waals surface area contributed by atoms with Crippen molar-refractivity contribution in [3.63, 3.8) is 0 Å². The molecule has 21 heavy (non-hydrogen) atoms. The maximum Gasteiger partial charge on any atom is 0.374 e. The van der Waals surface area contributed by atoms with Gasteiger partial charge in [0.2, 0.25) is 5.82 Å². The largest absolute Gasteiger partial charge is 0.475 e. The SMILES string of the molecule is O=C(O)c1nc(Nc2cccc(Cl)c2)c2ccccc2n1. The highest BCUT2D eigenvalue weighted by molar-refractivity contribution is 6.30. The van der Waals surface area contributed by atoms with Gasteiger partial charge in [-0.15, -0.1) is 0 Å². The van der Waals surface area contributed by atoms with Crippen LogP contribution in [0.5, 0.6) is 0 Å². The van der Waals surface area contributed by atoms with Crippen molar-refractivity contribution in [1.82, 2.24) is 9.97 Å². The summed E-state index contributed by atoms with van der Waals surface area (Å²) in [6.07, 6.45) is 0. The normalized spacial score (nSPS) is 10.5. The van der Waals surface area contributed by atoms with Gasteiger partial charge in [-0.1, -0.05) is 29.8 Å². The summed E-state index contributed by atoms with van der Waals surface area (Å²) < 4.78 is 0. The van der Waals surface area contributed by atoms with Crippen molar-refractivity contribution >= 4 is 40.0 Å². The summed E-state index contributed by atoms with van der Waals surface area (Å²) in [5, 5.41) is 13.5. The molecule has 0 fully saturated rings. The summed E-state index contributed by atoms with van der Waals surface area (Å²) in [4.78, 5) is 19.2. The number of carboxylic acids is 1. The Balaban J connectivity index is 2.13. The third-order valence-corrected chi connectivity index (χ3v) is 3.12. The van der Waals surface area contributed by atoms with Crippen LogP contribution in [0.3, 0.4) is 0 Å². The van der Waals surface area contributed by atoms with E-state index in [0.717, 1.165) is 11.1 Å². The second-order valence-electron chi connectivity index (χ2n) is 4.35. The van der Waals surface area contributed by atoms with E-state index in [1.807, 2.05) is 18.2 Å². The van der Waals surface area contributed by atoms with Crippen molar-refractivity contribution in [2.75, 3.05) is 5.32 Å². The maximum atomic E-state index is 11.1. The minimum Gasteiger partial charge on any atom is -0.475 e. The molecule has 0 saturated heterocycles. The minimum absolute atomic E-state index is 0.252. The predicted octanol–water partition coefficient (Wildman–Crippen LogP) is 3.73. The highest BCUT2D eigenvalue weighted by Crippen LogP contribution is 2.25. The fourth-order valence-corrected chi connectivity index (χ4v) is 2.16. The number of nitrogens with zero attached hydrogens (tertiary/aromatic N) is 2. The topological polar surface area (TPSA) is 75.1 Å². The first-order valence-electron chi connectivity index (χ1n) is 6.16. The van der Waals surface area contributed by atoms with Gasteiger partial charge >= 0.3 is 5.97 Å². The van der Waals surface area contributed by atoms with Crippen LogP contribution in [0.15, 0.2) is 48.5 Å². The van der Waals surface area contributed by atoms with Gasteiger partial charge in [-0.2, -0.15) is 0 Å². The molecule has 5 nitrogen and oxygen atoms in total. The van der Waals surface area contributed by atoms with Crippen molar-refractivity contribution in [3.8, 4) is 0 Å². The zero-order valence-electron chi connectivity index (χ0n) is 10.7. The van der Waals surface area contributed by atoms with Crippen LogP contribution in [0.4, 0.5) is 11.5 Å². The molecule has 0 atom stereocenters. The number of aromatic carboxylic acids is 1. The second kappa shape index (κ2) is 5.38. The zero-order chi connectivity index (χ0) is 14.8. The number of anilines is 2. The molecule has 0 radical (unpaired) electrons. The Morgan fingerprint density at radius 1 is 1.10 bits per heavy atom. The molecule has 1 heterocycles. The fourth-order valence-electron chi connectivity index (χ4n) is 1.97. The number of rotatable bonds is 3. The second-order valence-corrected chi connectivity index (χ2v) is 4.79. The van der Waals surface area contributed by atoms with Crippen LogP contribution >= 0.6 is 11.6 Å². The molecule has 3 aromatic rings. The number of nitrogens with one attached hydrogen (secondary N) is 1. The highest BCUT2D eigenvalue weighted by atomic mass is 35.5. The molecule has 2 aromatic carbocycles. The van der Waals surface area contributed by atoms with Crippen LogP contribution in [-0.2, 0) is 0 Å². The number of halogens is 1. The van der Waals surface area contributed by atoms with Crippen LogP contribution in [-0.4, -0.2) is 21.0 Å². The van der Waals surface area contributed by atoms with Crippen LogP contribution in [0.25, 0.3) is 10.9 Å². The van der Waals surface area contributed by atoms with E-state index >= 15 is 0 Å². The summed E-state index contributed by atoms with van der Waals surface area (Å²) in [5.41, 5.74) is 1.29. The number of para-hydroxylation sites is 1. The van der Waals surface area contributed by atoms with E-state index in [-0.39, 0.29) is 5.82 Å². The van der Waals surface area contributed by atoms with Crippen LogP contribution in [0, 0.1) is 0 Å². The van der Waals surface area contributed by atoms with Gasteiger partial charge in [-0.25, -0.2) is 14.8 Å². The van der Waals surface area contributed by atoms with Crippen LogP contribution in [0.1, 0.15) is 10.6 Å². The van der Waals surface area contributed by atoms with Gasteiger partial charge in [0.05, 0.1) is 5.52 Å². The van der Waals surface area contributed by atoms with Gasteiger partial charge in [0, 0.05) is 16.1 Å². The van der Waals surface area contributed by atoms with Gasteiger partial charge in [-0.05, 0) is 30.3 Å². The Bertz CT molecular complexity index is 836. The number of aromatic nitrogens is 2. The summed E-state index contributed by atoms with van der Waals surface area (Å²) >= 11 is 5.94. The molecule has 0 amide bonds. The molecule has 0 aliphatic rings. The zero-order valence-corrected chi connectivity index (χ0v) is 11.5. The summed E-state index contributed by atoms with van der Waals surface area (Å²) in [6, 6.07) is 14.3. The molecule has 0 aliphatic heterocycles. The third-order valence-electron chi connectivity index (χ3n) is 2.88. The lowest BCUT2D eigenvalue weighted by Gasteiger charge is -2.09. The molecule has 104 valence electrons. The quantitative estimate of drug-likeness (QED) is 0.771. The lowest BCUT2D eigenvalue weighted by molar-refractivity contribution is 0.0684. The number of benzene rings is 2. The summed E-state index contributed by atoms with van der Waals surface area (Å²) in [5.74, 6) is -0.992. The van der Waals surface area contributed by atoms with E-state index in [4.69, 9.17) is 16.7 Å². The predicted molar refractivity (Wildman–Crippen MR) is 81.2 cm³/mol. The molecule has 0 aliphatic carbocycles. The molecule has 0 bridgehead atoms.